The molecule has 82 valence electrons. The van der Waals surface area contributed by atoms with Gasteiger partial charge >= 0.3 is 0 Å². The topological polar surface area (TPSA) is 58.4 Å². The monoisotopic (exact) mass is 199 g/mol. The molecule has 1 fully saturated rings. The highest BCUT2D eigenvalue weighted by Crippen LogP contribution is 2.15. The third kappa shape index (κ3) is 3.64. The van der Waals surface area contributed by atoms with E-state index in [1.807, 2.05) is 6.92 Å². The standard InChI is InChI=1S/C10H21N3O/c1-3-4-5-12-9(14)6-13-7-10(2,11)8-13/h3-8,11H2,1-2H3,(H,12,14). The summed E-state index contributed by atoms with van der Waals surface area (Å²) in [5, 5.41) is 2.89. The minimum absolute atomic E-state index is 0.0797. The molecule has 0 aromatic heterocycles. The van der Waals surface area contributed by atoms with Crippen molar-refractivity contribution in [3.63, 3.8) is 0 Å². The Morgan fingerprint density at radius 1 is 1.57 bits per heavy atom. The van der Waals surface area contributed by atoms with Crippen LogP contribution in [0.3, 0.4) is 0 Å². The van der Waals surface area contributed by atoms with Crippen molar-refractivity contribution in [3.05, 3.63) is 0 Å². The second-order valence-electron chi connectivity index (χ2n) is 4.50. The van der Waals surface area contributed by atoms with Crippen LogP contribution in [0.25, 0.3) is 0 Å². The number of rotatable bonds is 5. The molecule has 0 unspecified atom stereocenters. The first-order valence-corrected chi connectivity index (χ1v) is 5.31. The zero-order valence-corrected chi connectivity index (χ0v) is 9.18. The van der Waals surface area contributed by atoms with Gasteiger partial charge in [-0.15, -0.1) is 0 Å². The van der Waals surface area contributed by atoms with E-state index in [0.29, 0.717) is 6.54 Å². The van der Waals surface area contributed by atoms with Gasteiger partial charge in [-0.2, -0.15) is 0 Å². The maximum absolute atomic E-state index is 11.3. The SMILES string of the molecule is CCCCNC(=O)CN1CC(C)(N)C1. The van der Waals surface area contributed by atoms with Gasteiger partial charge in [0.05, 0.1) is 6.54 Å². The van der Waals surface area contributed by atoms with Gasteiger partial charge in [-0.05, 0) is 13.3 Å². The molecule has 1 amide bonds. The number of nitrogens with one attached hydrogen (secondary N) is 1. The lowest BCUT2D eigenvalue weighted by molar-refractivity contribution is -0.123. The van der Waals surface area contributed by atoms with Gasteiger partial charge in [0.25, 0.3) is 0 Å². The fourth-order valence-corrected chi connectivity index (χ4v) is 1.75. The number of unbranched alkanes of at least 4 members (excludes halogenated alkanes) is 1. The van der Waals surface area contributed by atoms with E-state index in [9.17, 15) is 4.79 Å². The first-order valence-electron chi connectivity index (χ1n) is 5.31. The van der Waals surface area contributed by atoms with Crippen LogP contribution in [-0.2, 0) is 4.79 Å². The Kier molecular flexibility index (Phi) is 3.89. The average Bonchev–Trinajstić information content (AvgIpc) is 2.01. The molecule has 1 heterocycles. The molecule has 0 bridgehead atoms. The normalized spacial score (nSPS) is 20.2. The average molecular weight is 199 g/mol. The maximum atomic E-state index is 11.3. The van der Waals surface area contributed by atoms with E-state index < -0.39 is 0 Å². The number of nitrogens with two attached hydrogens (primary N) is 1. The number of nitrogens with zero attached hydrogens (tertiary/aromatic N) is 1. The summed E-state index contributed by atoms with van der Waals surface area (Å²) in [7, 11) is 0. The molecule has 1 aliphatic rings. The Morgan fingerprint density at radius 2 is 2.21 bits per heavy atom. The molecule has 4 nitrogen and oxygen atoms in total. The number of amides is 1. The second kappa shape index (κ2) is 4.75. The third-order valence-corrected chi connectivity index (χ3v) is 2.39. The number of hydrogen-bond donors (Lipinski definition) is 2. The predicted octanol–water partition coefficient (Wildman–Crippen LogP) is -0.0643. The van der Waals surface area contributed by atoms with Gasteiger partial charge in [0, 0.05) is 25.2 Å². The quantitative estimate of drug-likeness (QED) is 0.610. The Morgan fingerprint density at radius 3 is 2.71 bits per heavy atom. The first kappa shape index (κ1) is 11.5. The van der Waals surface area contributed by atoms with Crippen molar-refractivity contribution in [2.75, 3.05) is 26.2 Å². The van der Waals surface area contributed by atoms with E-state index in [0.717, 1.165) is 32.5 Å². The van der Waals surface area contributed by atoms with Gasteiger partial charge in [0.15, 0.2) is 0 Å². The van der Waals surface area contributed by atoms with Crippen molar-refractivity contribution in [3.8, 4) is 0 Å². The lowest BCUT2D eigenvalue weighted by atomic mass is 9.94. The molecule has 0 radical (unpaired) electrons. The van der Waals surface area contributed by atoms with E-state index in [1.54, 1.807) is 0 Å². The second-order valence-corrected chi connectivity index (χ2v) is 4.50. The summed E-state index contributed by atoms with van der Waals surface area (Å²) >= 11 is 0. The Balaban J connectivity index is 2.05. The van der Waals surface area contributed by atoms with Crippen LogP contribution in [0.4, 0.5) is 0 Å². The lowest BCUT2D eigenvalue weighted by Gasteiger charge is -2.45. The minimum Gasteiger partial charge on any atom is -0.355 e. The molecule has 0 aliphatic carbocycles. The number of carbonyl (C=O) groups excluding carboxylic acids is 1. The van der Waals surface area contributed by atoms with Crippen LogP contribution in [0, 0.1) is 0 Å². The highest BCUT2D eigenvalue weighted by molar-refractivity contribution is 5.78. The summed E-state index contributed by atoms with van der Waals surface area (Å²) in [6, 6.07) is 0. The van der Waals surface area contributed by atoms with Crippen LogP contribution in [0.5, 0.6) is 0 Å². The van der Waals surface area contributed by atoms with Gasteiger partial charge in [-0.3, -0.25) is 9.69 Å². The number of likely N-dealkylation sites (tertiary alicyclic amines) is 1. The number of carbonyl (C=O) groups is 1. The molecule has 0 aromatic carbocycles. The van der Waals surface area contributed by atoms with Crippen molar-refractivity contribution >= 4 is 5.91 Å². The summed E-state index contributed by atoms with van der Waals surface area (Å²) in [4.78, 5) is 13.4. The zero-order valence-electron chi connectivity index (χ0n) is 9.18. The molecule has 0 aromatic rings. The predicted molar refractivity (Wildman–Crippen MR) is 57.0 cm³/mol. The Hall–Kier alpha value is -0.610. The molecule has 0 saturated carbocycles. The van der Waals surface area contributed by atoms with Crippen molar-refractivity contribution < 1.29 is 4.79 Å². The van der Waals surface area contributed by atoms with Crippen LogP contribution in [-0.4, -0.2) is 42.5 Å². The fourth-order valence-electron chi connectivity index (χ4n) is 1.75. The van der Waals surface area contributed by atoms with Gasteiger partial charge < -0.3 is 11.1 Å². The molecule has 0 spiro atoms. The van der Waals surface area contributed by atoms with E-state index >= 15 is 0 Å². The lowest BCUT2D eigenvalue weighted by Crippen LogP contribution is -2.66. The van der Waals surface area contributed by atoms with Gasteiger partial charge in [0.1, 0.15) is 0 Å². The third-order valence-electron chi connectivity index (χ3n) is 2.39. The fraction of sp³-hybridized carbons (Fsp3) is 0.900. The molecule has 3 N–H and O–H groups in total. The highest BCUT2D eigenvalue weighted by atomic mass is 16.2. The largest absolute Gasteiger partial charge is 0.355 e. The van der Waals surface area contributed by atoms with Crippen molar-refractivity contribution in [1.29, 1.82) is 0 Å². The minimum atomic E-state index is -0.0797. The molecule has 1 aliphatic heterocycles. The van der Waals surface area contributed by atoms with Crippen LogP contribution >= 0.6 is 0 Å². The molecule has 14 heavy (non-hydrogen) atoms. The van der Waals surface area contributed by atoms with Crippen LogP contribution < -0.4 is 11.1 Å². The number of hydrogen-bond acceptors (Lipinski definition) is 3. The molecular weight excluding hydrogens is 178 g/mol. The van der Waals surface area contributed by atoms with Gasteiger partial charge in [-0.1, -0.05) is 13.3 Å². The molecule has 1 rings (SSSR count). The van der Waals surface area contributed by atoms with Crippen LogP contribution in [0.2, 0.25) is 0 Å². The van der Waals surface area contributed by atoms with E-state index in [1.165, 1.54) is 0 Å². The van der Waals surface area contributed by atoms with Gasteiger partial charge in [0.2, 0.25) is 5.91 Å². The molecular formula is C10H21N3O. The van der Waals surface area contributed by atoms with E-state index in [4.69, 9.17) is 5.73 Å². The summed E-state index contributed by atoms with van der Waals surface area (Å²) in [6.45, 7) is 7.07. The van der Waals surface area contributed by atoms with E-state index in [2.05, 4.69) is 17.1 Å². The Labute approximate surface area is 85.8 Å². The summed E-state index contributed by atoms with van der Waals surface area (Å²) < 4.78 is 0. The molecule has 1 saturated heterocycles. The Bertz CT molecular complexity index is 196. The highest BCUT2D eigenvalue weighted by Gasteiger charge is 2.35. The van der Waals surface area contributed by atoms with Gasteiger partial charge in [-0.25, -0.2) is 0 Å². The maximum Gasteiger partial charge on any atom is 0.234 e. The first-order chi connectivity index (χ1) is 6.53. The zero-order chi connectivity index (χ0) is 10.6. The summed E-state index contributed by atoms with van der Waals surface area (Å²) in [5.41, 5.74) is 5.76. The van der Waals surface area contributed by atoms with Crippen molar-refractivity contribution in [2.24, 2.45) is 5.73 Å². The van der Waals surface area contributed by atoms with Crippen molar-refractivity contribution in [2.45, 2.75) is 32.2 Å². The van der Waals surface area contributed by atoms with E-state index in [-0.39, 0.29) is 11.4 Å². The summed E-state index contributed by atoms with van der Waals surface area (Å²) in [5.74, 6) is 0.119. The summed E-state index contributed by atoms with van der Waals surface area (Å²) in [6.07, 6.45) is 2.17. The van der Waals surface area contributed by atoms with Crippen LogP contribution in [0.15, 0.2) is 0 Å². The van der Waals surface area contributed by atoms with Crippen molar-refractivity contribution in [1.82, 2.24) is 10.2 Å². The van der Waals surface area contributed by atoms with Crippen LogP contribution in [0.1, 0.15) is 26.7 Å². The molecule has 4 heteroatoms. The smallest absolute Gasteiger partial charge is 0.234 e. The molecule has 0 atom stereocenters.